The number of amides is 1. The van der Waals surface area contributed by atoms with Crippen LogP contribution in [-0.2, 0) is 28.3 Å². The van der Waals surface area contributed by atoms with Crippen LogP contribution in [0.4, 0.5) is 0 Å². The van der Waals surface area contributed by atoms with E-state index in [-0.39, 0.29) is 29.0 Å². The van der Waals surface area contributed by atoms with Gasteiger partial charge in [0.25, 0.3) is 0 Å². The number of rotatable bonds is 9. The maximum absolute atomic E-state index is 12.4. The van der Waals surface area contributed by atoms with E-state index in [9.17, 15) is 4.79 Å². The van der Waals surface area contributed by atoms with Crippen molar-refractivity contribution in [2.24, 2.45) is 5.92 Å². The van der Waals surface area contributed by atoms with Crippen molar-refractivity contribution >= 4 is 27.5 Å². The van der Waals surface area contributed by atoms with Crippen LogP contribution in [0.25, 0.3) is 0 Å². The molecule has 0 bridgehead atoms. The molecule has 1 saturated heterocycles. The number of nitrogens with one attached hydrogen (secondary N) is 1. The second-order valence-corrected chi connectivity index (χ2v) is 10.2. The Morgan fingerprint density at radius 1 is 0.903 bits per heavy atom. The molecular weight excluding hydrogens is 462 g/mol. The van der Waals surface area contributed by atoms with Crippen LogP contribution in [-0.4, -0.2) is 23.5 Å². The van der Waals surface area contributed by atoms with Gasteiger partial charge in [0, 0.05) is 29.9 Å². The van der Waals surface area contributed by atoms with Crippen LogP contribution in [0.5, 0.6) is 0 Å². The molecule has 0 unspecified atom stereocenters. The van der Waals surface area contributed by atoms with Gasteiger partial charge in [0.1, 0.15) is 0 Å². The van der Waals surface area contributed by atoms with Crippen molar-refractivity contribution in [3.8, 4) is 0 Å². The quantitative estimate of drug-likeness (QED) is 0.272. The number of unbranched alkanes of at least 4 members (excludes halogenated alkanes) is 1. The van der Waals surface area contributed by atoms with Crippen LogP contribution in [0.15, 0.2) is 30.3 Å². The topological polar surface area (TPSA) is 29.1 Å². The molecular formula is C26H31FeNOS2+2. The van der Waals surface area contributed by atoms with Crippen LogP contribution in [0, 0.1) is 69.6 Å². The zero-order valence-corrected chi connectivity index (χ0v) is 20.5. The second-order valence-electron chi connectivity index (χ2n) is 7.67. The Bertz CT molecular complexity index is 577. The summed E-state index contributed by atoms with van der Waals surface area (Å²) in [6, 6.07) is 10.4. The number of carbonyl (C=O) groups excluding carboxylic acids is 1. The third-order valence-electron chi connectivity index (χ3n) is 5.22. The Morgan fingerprint density at radius 2 is 1.52 bits per heavy atom. The molecule has 164 valence electrons. The molecule has 0 aromatic heterocycles. The molecule has 5 heteroatoms. The molecule has 1 aromatic rings. The predicted molar refractivity (Wildman–Crippen MR) is 131 cm³/mol. The van der Waals surface area contributed by atoms with Gasteiger partial charge in [-0.25, -0.2) is 0 Å². The number of hydrogen-bond acceptors (Lipinski definition) is 3. The summed E-state index contributed by atoms with van der Waals surface area (Å²) in [4.78, 5) is 12.4. The summed E-state index contributed by atoms with van der Waals surface area (Å²) in [6.07, 6.45) is 23.2. The average molecular weight is 494 g/mol. The van der Waals surface area contributed by atoms with E-state index in [0.29, 0.717) is 6.42 Å². The number of hydrogen-bond donors (Lipinski definition) is 1. The molecule has 31 heavy (non-hydrogen) atoms. The molecule has 3 fully saturated rings. The molecule has 1 atom stereocenters. The molecule has 1 N–H and O–H groups in total. The first-order chi connectivity index (χ1) is 14.8. The second kappa shape index (κ2) is 16.5. The standard InChI is InChI=1S/C21H26NOS2.C5H5.Fe/c23-21(13-7-4-10-18-15-24-25-16-18)22-20(19-11-5-6-12-19)14-17-8-2-1-3-9-17;1-2-4-5-3-1;/h1-3,5-6,8-9,11-12,18,20H,4,7,10,13-16H2,(H,22,23);1-5H;/q;;+2/t20-;;/m1../s1. The van der Waals surface area contributed by atoms with Gasteiger partial charge in [-0.05, 0) is 88.5 Å². The summed E-state index contributed by atoms with van der Waals surface area (Å²) in [5, 5.41) is 3.25. The SMILES string of the molecule is O=C(CCCCC1CSSC1)N[C@H](Cc1ccccc1)[C]1[CH][CH][CH][CH]1.[CH]1[CH][CH][CH][CH]1.[Fe+2]. The van der Waals surface area contributed by atoms with E-state index in [1.807, 2.05) is 72.6 Å². The van der Waals surface area contributed by atoms with Crippen LogP contribution in [0.2, 0.25) is 0 Å². The molecule has 0 spiro atoms. The van der Waals surface area contributed by atoms with Crippen molar-refractivity contribution in [1.29, 1.82) is 0 Å². The molecule has 1 amide bonds. The Morgan fingerprint density at radius 3 is 2.13 bits per heavy atom. The number of carbonyl (C=O) groups is 1. The predicted octanol–water partition coefficient (Wildman–Crippen LogP) is 5.71. The molecule has 1 aliphatic heterocycles. The van der Waals surface area contributed by atoms with Crippen LogP contribution in [0.1, 0.15) is 31.2 Å². The first-order valence-corrected chi connectivity index (χ1v) is 13.3. The van der Waals surface area contributed by atoms with Gasteiger partial charge in [-0.3, -0.25) is 4.79 Å². The first kappa shape index (κ1) is 27.2. The summed E-state index contributed by atoms with van der Waals surface area (Å²) in [5.74, 6) is 4.79. The third kappa shape index (κ3) is 11.1. The third-order valence-corrected chi connectivity index (χ3v) is 7.92. The van der Waals surface area contributed by atoms with Crippen LogP contribution < -0.4 is 5.32 Å². The summed E-state index contributed by atoms with van der Waals surface area (Å²) < 4.78 is 0. The van der Waals surface area contributed by atoms with E-state index in [1.165, 1.54) is 35.8 Å². The van der Waals surface area contributed by atoms with Crippen molar-refractivity contribution in [3.63, 3.8) is 0 Å². The Balaban J connectivity index is 0.000000501. The van der Waals surface area contributed by atoms with Gasteiger partial charge in [0.05, 0.1) is 0 Å². The average Bonchev–Trinajstić information content (AvgIpc) is 3.56. The van der Waals surface area contributed by atoms with Crippen LogP contribution in [0.3, 0.4) is 0 Å². The maximum atomic E-state index is 12.4. The molecule has 2 aliphatic carbocycles. The Labute approximate surface area is 209 Å². The van der Waals surface area contributed by atoms with Crippen molar-refractivity contribution in [2.45, 2.75) is 38.1 Å². The molecule has 1 heterocycles. The fraction of sp³-hybridized carbons (Fsp3) is 0.346. The summed E-state index contributed by atoms with van der Waals surface area (Å²) in [5.41, 5.74) is 1.25. The van der Waals surface area contributed by atoms with E-state index < -0.39 is 0 Å². The molecule has 2 nitrogen and oxygen atoms in total. The van der Waals surface area contributed by atoms with Gasteiger partial charge in [-0.1, -0.05) is 58.3 Å². The summed E-state index contributed by atoms with van der Waals surface area (Å²) in [7, 11) is 3.98. The van der Waals surface area contributed by atoms with Crippen molar-refractivity contribution in [2.75, 3.05) is 11.5 Å². The number of benzene rings is 1. The Kier molecular flexibility index (Phi) is 14.5. The molecule has 2 saturated carbocycles. The van der Waals surface area contributed by atoms with E-state index in [2.05, 4.69) is 42.4 Å². The van der Waals surface area contributed by atoms with Gasteiger partial charge in [-0.2, -0.15) is 0 Å². The van der Waals surface area contributed by atoms with Crippen molar-refractivity contribution in [3.05, 3.63) is 99.6 Å². The van der Waals surface area contributed by atoms with E-state index in [1.54, 1.807) is 0 Å². The Hall–Kier alpha value is -0.0905. The van der Waals surface area contributed by atoms with E-state index in [4.69, 9.17) is 0 Å². The minimum Gasteiger partial charge on any atom is -0.352 e. The van der Waals surface area contributed by atoms with Crippen molar-refractivity contribution in [1.82, 2.24) is 5.32 Å². The molecule has 1 aromatic carbocycles. The molecule has 10 radical (unpaired) electrons. The van der Waals surface area contributed by atoms with E-state index in [0.717, 1.165) is 18.8 Å². The zero-order valence-electron chi connectivity index (χ0n) is 17.8. The van der Waals surface area contributed by atoms with E-state index >= 15 is 0 Å². The maximum Gasteiger partial charge on any atom is 2.00 e. The monoisotopic (exact) mass is 493 g/mol. The minimum absolute atomic E-state index is 0. The van der Waals surface area contributed by atoms with Gasteiger partial charge in [0.2, 0.25) is 5.91 Å². The minimum atomic E-state index is 0. The van der Waals surface area contributed by atoms with Crippen LogP contribution >= 0.6 is 21.6 Å². The van der Waals surface area contributed by atoms with Gasteiger partial charge in [0.15, 0.2) is 0 Å². The fourth-order valence-corrected chi connectivity index (χ4v) is 6.56. The molecule has 3 aliphatic rings. The smallest absolute Gasteiger partial charge is 0.352 e. The largest absolute Gasteiger partial charge is 2.00 e. The van der Waals surface area contributed by atoms with Gasteiger partial charge >= 0.3 is 17.1 Å². The van der Waals surface area contributed by atoms with Gasteiger partial charge in [-0.15, -0.1) is 0 Å². The summed E-state index contributed by atoms with van der Waals surface area (Å²) >= 11 is 0. The molecule has 4 rings (SSSR count). The fourth-order valence-electron chi connectivity index (χ4n) is 3.53. The van der Waals surface area contributed by atoms with Crippen molar-refractivity contribution < 1.29 is 21.9 Å². The van der Waals surface area contributed by atoms with Gasteiger partial charge < -0.3 is 5.32 Å². The normalized spacial score (nSPS) is 20.0. The summed E-state index contributed by atoms with van der Waals surface area (Å²) in [6.45, 7) is 0. The first-order valence-electron chi connectivity index (χ1n) is 10.8. The zero-order chi connectivity index (χ0) is 20.9.